The van der Waals surface area contributed by atoms with Crippen LogP contribution in [0.5, 0.6) is 0 Å². The highest BCUT2D eigenvalue weighted by Gasteiger charge is 2.39. The average Bonchev–Trinajstić information content (AvgIpc) is 3.01. The highest BCUT2D eigenvalue weighted by Crippen LogP contribution is 2.35. The van der Waals surface area contributed by atoms with Crippen LogP contribution in [-0.4, -0.2) is 25.9 Å². The monoisotopic (exact) mass is 369 g/mol. The zero-order valence-electron chi connectivity index (χ0n) is 13.2. The first kappa shape index (κ1) is 18.8. The lowest BCUT2D eigenvalue weighted by molar-refractivity contribution is -0.142. The summed E-state index contributed by atoms with van der Waals surface area (Å²) in [7, 11) is 0. The lowest BCUT2D eigenvalue weighted by atomic mass is 10.2. The number of carbonyl (C=O) groups is 1. The number of carbonyl (C=O) groups excluding carboxylic acids is 1. The van der Waals surface area contributed by atoms with E-state index in [0.717, 1.165) is 10.7 Å². The van der Waals surface area contributed by atoms with Crippen molar-refractivity contribution in [2.24, 2.45) is 0 Å². The molecule has 0 bridgehead atoms. The molecule has 0 radical (unpaired) electrons. The number of nitrogens with zero attached hydrogens (tertiary/aromatic N) is 3. The van der Waals surface area contributed by atoms with Crippen LogP contribution in [0.4, 0.5) is 32.0 Å². The summed E-state index contributed by atoms with van der Waals surface area (Å²) in [6, 6.07) is -0.528. The van der Waals surface area contributed by atoms with Crippen LogP contribution in [0.3, 0.4) is 0 Å². The summed E-state index contributed by atoms with van der Waals surface area (Å²) in [4.78, 5) is 12.2. The highest BCUT2D eigenvalue weighted by atomic mass is 19.4. The number of H-pyrrole nitrogens is 1. The fourth-order valence-electron chi connectivity index (χ4n) is 2.14. The van der Waals surface area contributed by atoms with E-state index in [1.165, 1.54) is 20.8 Å². The minimum absolute atomic E-state index is 0.0370. The summed E-state index contributed by atoms with van der Waals surface area (Å²) in [6.45, 7) is 3.79. The smallest absolute Gasteiger partial charge is 0.321 e. The van der Waals surface area contributed by atoms with E-state index in [2.05, 4.69) is 15.3 Å². The van der Waals surface area contributed by atoms with E-state index < -0.39 is 41.4 Å². The quantitative estimate of drug-likeness (QED) is 0.814. The fourth-order valence-corrected chi connectivity index (χ4v) is 2.14. The molecule has 2 rings (SSSR count). The molecule has 0 aromatic carbocycles. The van der Waals surface area contributed by atoms with E-state index in [0.29, 0.717) is 0 Å². The van der Waals surface area contributed by atoms with Crippen LogP contribution in [0.2, 0.25) is 0 Å². The van der Waals surface area contributed by atoms with E-state index in [1.54, 1.807) is 0 Å². The Bertz CT molecular complexity index is 788. The lowest BCUT2D eigenvalue weighted by Crippen LogP contribution is -2.26. The molecule has 0 spiro atoms. The van der Waals surface area contributed by atoms with Gasteiger partial charge in [0.05, 0.1) is 11.4 Å². The fraction of sp³-hybridized carbons (Fsp3) is 0.462. The summed E-state index contributed by atoms with van der Waals surface area (Å²) in [5.74, 6) is -0.963. The second-order valence-electron chi connectivity index (χ2n) is 5.35. The van der Waals surface area contributed by atoms with Crippen molar-refractivity contribution in [2.75, 3.05) is 5.32 Å². The maximum absolute atomic E-state index is 12.9. The van der Waals surface area contributed by atoms with Crippen molar-refractivity contribution >= 4 is 11.6 Å². The predicted octanol–water partition coefficient (Wildman–Crippen LogP) is 3.46. The van der Waals surface area contributed by atoms with E-state index in [9.17, 15) is 31.1 Å². The Morgan fingerprint density at radius 3 is 2.28 bits per heavy atom. The third-order valence-corrected chi connectivity index (χ3v) is 3.42. The Labute approximate surface area is 137 Å². The maximum Gasteiger partial charge on any atom is 0.437 e. The number of hydrogen-bond acceptors (Lipinski definition) is 3. The number of hydrogen-bond donors (Lipinski definition) is 2. The van der Waals surface area contributed by atoms with Crippen molar-refractivity contribution in [1.29, 1.82) is 0 Å². The van der Waals surface area contributed by atoms with Crippen molar-refractivity contribution in [3.8, 4) is 0 Å². The molecule has 2 heterocycles. The molecule has 0 aliphatic heterocycles. The topological polar surface area (TPSA) is 75.6 Å². The Kier molecular flexibility index (Phi) is 4.57. The molecule has 1 amide bonds. The van der Waals surface area contributed by atoms with E-state index >= 15 is 0 Å². The number of halogens is 6. The van der Waals surface area contributed by atoms with E-state index in [-0.39, 0.29) is 11.4 Å². The van der Waals surface area contributed by atoms with Crippen molar-refractivity contribution in [1.82, 2.24) is 20.0 Å². The van der Waals surface area contributed by atoms with Crippen LogP contribution in [0.15, 0.2) is 6.07 Å². The van der Waals surface area contributed by atoms with Crippen molar-refractivity contribution in [3.63, 3.8) is 0 Å². The minimum Gasteiger partial charge on any atom is -0.321 e. The molecule has 0 fully saturated rings. The molecule has 2 aromatic rings. The molecule has 138 valence electrons. The van der Waals surface area contributed by atoms with Gasteiger partial charge in [-0.15, -0.1) is 0 Å². The second-order valence-corrected chi connectivity index (χ2v) is 5.35. The molecular weight excluding hydrogens is 356 g/mol. The molecule has 0 saturated carbocycles. The third kappa shape index (κ3) is 3.77. The Morgan fingerprint density at radius 1 is 1.20 bits per heavy atom. The van der Waals surface area contributed by atoms with Crippen LogP contribution in [0.1, 0.15) is 35.7 Å². The number of rotatable bonds is 3. The zero-order chi connectivity index (χ0) is 19.2. The van der Waals surface area contributed by atoms with Gasteiger partial charge in [0, 0.05) is 5.69 Å². The molecule has 0 aliphatic rings. The van der Waals surface area contributed by atoms with Crippen LogP contribution in [0, 0.1) is 13.8 Å². The SMILES string of the molecule is Cc1[nH]nc(C(F)(F)F)c1NC(=O)C(C)n1nc(C(F)(F)F)cc1C. The first-order chi connectivity index (χ1) is 11.3. The van der Waals surface area contributed by atoms with Crippen molar-refractivity contribution in [2.45, 2.75) is 39.2 Å². The first-order valence-electron chi connectivity index (χ1n) is 6.88. The van der Waals surface area contributed by atoms with Crippen molar-refractivity contribution < 1.29 is 31.1 Å². The Balaban J connectivity index is 2.28. The van der Waals surface area contributed by atoms with E-state index in [4.69, 9.17) is 0 Å². The lowest BCUT2D eigenvalue weighted by Gasteiger charge is -2.15. The Morgan fingerprint density at radius 2 is 1.80 bits per heavy atom. The average molecular weight is 369 g/mol. The molecule has 12 heteroatoms. The van der Waals surface area contributed by atoms with Gasteiger partial charge in [-0.05, 0) is 26.8 Å². The third-order valence-electron chi connectivity index (χ3n) is 3.42. The molecule has 0 saturated heterocycles. The summed E-state index contributed by atoms with van der Waals surface area (Å²) in [6.07, 6.45) is -9.50. The van der Waals surface area contributed by atoms with Gasteiger partial charge in [-0.25, -0.2) is 0 Å². The number of aromatic nitrogens is 4. The zero-order valence-corrected chi connectivity index (χ0v) is 13.2. The molecule has 2 N–H and O–H groups in total. The van der Waals surface area contributed by atoms with Crippen LogP contribution >= 0.6 is 0 Å². The Hall–Kier alpha value is -2.53. The van der Waals surface area contributed by atoms with Crippen LogP contribution in [-0.2, 0) is 17.1 Å². The number of anilines is 1. The predicted molar refractivity (Wildman–Crippen MR) is 73.6 cm³/mol. The minimum atomic E-state index is -4.80. The normalized spacial score (nSPS) is 13.8. The van der Waals surface area contributed by atoms with Gasteiger partial charge < -0.3 is 5.32 Å². The molecule has 25 heavy (non-hydrogen) atoms. The van der Waals surface area contributed by atoms with Gasteiger partial charge in [-0.2, -0.15) is 36.5 Å². The van der Waals surface area contributed by atoms with Crippen LogP contribution in [0.25, 0.3) is 0 Å². The molecule has 0 aliphatic carbocycles. The summed E-state index contributed by atoms with van der Waals surface area (Å²) in [5.41, 5.74) is -3.10. The molecule has 2 aromatic heterocycles. The summed E-state index contributed by atoms with van der Waals surface area (Å²) in [5, 5.41) is 10.6. The van der Waals surface area contributed by atoms with Crippen LogP contribution < -0.4 is 5.32 Å². The van der Waals surface area contributed by atoms with Gasteiger partial charge in [-0.1, -0.05) is 0 Å². The van der Waals surface area contributed by atoms with Gasteiger partial charge in [-0.3, -0.25) is 14.6 Å². The molecule has 1 atom stereocenters. The molecule has 1 unspecified atom stereocenters. The number of nitrogens with one attached hydrogen (secondary N) is 2. The first-order valence-corrected chi connectivity index (χ1v) is 6.88. The number of amides is 1. The maximum atomic E-state index is 12.9. The largest absolute Gasteiger partial charge is 0.437 e. The summed E-state index contributed by atoms with van der Waals surface area (Å²) < 4.78 is 77.4. The van der Waals surface area contributed by atoms with Gasteiger partial charge in [0.2, 0.25) is 5.91 Å². The number of alkyl halides is 6. The second kappa shape index (κ2) is 6.08. The van der Waals surface area contributed by atoms with Gasteiger partial charge in [0.1, 0.15) is 6.04 Å². The van der Waals surface area contributed by atoms with Gasteiger partial charge >= 0.3 is 12.4 Å². The van der Waals surface area contributed by atoms with E-state index in [1.807, 2.05) is 5.32 Å². The van der Waals surface area contributed by atoms with Crippen molar-refractivity contribution in [3.05, 3.63) is 28.8 Å². The molecule has 6 nitrogen and oxygen atoms in total. The van der Waals surface area contributed by atoms with Gasteiger partial charge in [0.15, 0.2) is 11.4 Å². The molecular formula is C13H13F6N5O. The number of aryl methyl sites for hydroxylation is 2. The highest BCUT2D eigenvalue weighted by molar-refractivity contribution is 5.94. The van der Waals surface area contributed by atoms with Gasteiger partial charge in [0.25, 0.3) is 0 Å². The number of aromatic amines is 1. The summed E-state index contributed by atoms with van der Waals surface area (Å²) >= 11 is 0. The standard InChI is InChI=1S/C13H13F6N5O/c1-5-4-8(12(14,15)16)23-24(5)7(3)11(25)20-9-6(2)21-22-10(9)13(17,18)19/h4,7H,1-3H3,(H,20,25)(H,21,22).